The molecular weight excluding hydrogens is 442 g/mol. The van der Waals surface area contributed by atoms with Crippen molar-refractivity contribution >= 4 is 58.2 Å². The van der Waals surface area contributed by atoms with E-state index in [1.165, 1.54) is 47.3 Å². The van der Waals surface area contributed by atoms with Crippen LogP contribution in [-0.2, 0) is 0 Å². The molecule has 2 N–H and O–H groups in total. The van der Waals surface area contributed by atoms with Gasteiger partial charge in [0.25, 0.3) is 0 Å². The van der Waals surface area contributed by atoms with Crippen molar-refractivity contribution in [1.82, 2.24) is 10.1 Å². The van der Waals surface area contributed by atoms with Crippen LogP contribution < -0.4 is 5.32 Å². The van der Waals surface area contributed by atoms with Crippen LogP contribution in [-0.4, -0.2) is 47.7 Å². The molecule has 0 saturated carbocycles. The van der Waals surface area contributed by atoms with Crippen molar-refractivity contribution in [3.63, 3.8) is 0 Å². The Balaban J connectivity index is 1.73. The molecule has 1 aliphatic rings. The number of hydrogen-bond acceptors (Lipinski definition) is 8. The van der Waals surface area contributed by atoms with Gasteiger partial charge in [0, 0.05) is 11.9 Å². The summed E-state index contributed by atoms with van der Waals surface area (Å²) in [5.41, 5.74) is 0.531. The highest BCUT2D eigenvalue weighted by atomic mass is 32.2. The minimum absolute atomic E-state index is 0.277. The van der Waals surface area contributed by atoms with Crippen LogP contribution in [0.4, 0.5) is 16.4 Å². The molecule has 2 amide bonds. The molecule has 0 unspecified atom stereocenters. The first kappa shape index (κ1) is 22.5. The number of nitro groups is 1. The Labute approximate surface area is 187 Å². The van der Waals surface area contributed by atoms with E-state index >= 15 is 0 Å². The van der Waals surface area contributed by atoms with Crippen LogP contribution in [0.25, 0.3) is 6.08 Å². The number of furan rings is 1. The van der Waals surface area contributed by atoms with E-state index in [9.17, 15) is 20.1 Å². The zero-order valence-electron chi connectivity index (χ0n) is 16.5. The molecule has 3 rings (SSSR count). The van der Waals surface area contributed by atoms with Crippen molar-refractivity contribution in [1.29, 1.82) is 0 Å². The van der Waals surface area contributed by atoms with Gasteiger partial charge in [-0.3, -0.25) is 15.3 Å². The Morgan fingerprint density at radius 2 is 2.10 bits per heavy atom. The Bertz CT molecular complexity index is 1040. The highest BCUT2D eigenvalue weighted by Crippen LogP contribution is 2.42. The Hall–Kier alpha value is -3.22. The zero-order chi connectivity index (χ0) is 22.6. The molecule has 1 aliphatic heterocycles. The third-order valence-corrected chi connectivity index (χ3v) is 5.72. The largest absolute Gasteiger partial charge is 0.433 e. The molecule has 0 spiro atoms. The molecule has 1 saturated heterocycles. The number of amides is 2. The Morgan fingerprint density at radius 3 is 2.74 bits per heavy atom. The van der Waals surface area contributed by atoms with Crippen molar-refractivity contribution in [2.45, 2.75) is 24.8 Å². The predicted octanol–water partition coefficient (Wildman–Crippen LogP) is 4.55. The molecule has 31 heavy (non-hydrogen) atoms. The molecule has 0 radical (unpaired) electrons. The summed E-state index contributed by atoms with van der Waals surface area (Å²) in [4.78, 5) is 22.6. The molecule has 162 valence electrons. The number of allylic oxidation sites excluding steroid dienone is 1. The number of hydroxylamine groups is 2. The summed E-state index contributed by atoms with van der Waals surface area (Å²) in [5, 5.41) is 30.1. The normalized spacial score (nSPS) is 18.1. The van der Waals surface area contributed by atoms with Crippen LogP contribution in [0.1, 0.15) is 19.6 Å². The van der Waals surface area contributed by atoms with E-state index < -0.39 is 21.9 Å². The van der Waals surface area contributed by atoms with Gasteiger partial charge in [0.1, 0.15) is 10.7 Å². The van der Waals surface area contributed by atoms with Crippen LogP contribution >= 0.6 is 24.0 Å². The number of hydrogen-bond donors (Lipinski definition) is 2. The van der Waals surface area contributed by atoms with Gasteiger partial charge >= 0.3 is 11.9 Å². The van der Waals surface area contributed by atoms with Crippen LogP contribution in [0.5, 0.6) is 0 Å². The first-order valence-electron chi connectivity index (χ1n) is 9.00. The SMILES string of the molecule is CC1(C)SC(=S)N(/N=C\C=C\c2ccc([N+](=O)[O-])o2)[C@H]1N(O)C(=O)Nc1ccccc1. The third-order valence-electron chi connectivity index (χ3n) is 4.19. The van der Waals surface area contributed by atoms with Crippen LogP contribution in [0.2, 0.25) is 0 Å². The fraction of sp³-hybridized carbons (Fsp3) is 0.211. The van der Waals surface area contributed by atoms with Gasteiger partial charge in [-0.25, -0.2) is 9.80 Å². The van der Waals surface area contributed by atoms with Gasteiger partial charge in [-0.15, -0.1) is 0 Å². The molecule has 1 aromatic carbocycles. The molecule has 12 heteroatoms. The van der Waals surface area contributed by atoms with Gasteiger partial charge in [0.05, 0.1) is 10.8 Å². The van der Waals surface area contributed by atoms with E-state index in [1.807, 2.05) is 19.9 Å². The number of rotatable bonds is 6. The van der Waals surface area contributed by atoms with Gasteiger partial charge in [0.2, 0.25) is 0 Å². The first-order chi connectivity index (χ1) is 14.7. The lowest BCUT2D eigenvalue weighted by molar-refractivity contribution is -0.402. The average Bonchev–Trinajstić information content (AvgIpc) is 3.27. The molecule has 2 heterocycles. The number of carbonyl (C=O) groups is 1. The number of nitrogens with zero attached hydrogens (tertiary/aromatic N) is 4. The van der Waals surface area contributed by atoms with E-state index in [2.05, 4.69) is 10.4 Å². The fourth-order valence-corrected chi connectivity index (χ4v) is 4.61. The molecule has 10 nitrogen and oxygen atoms in total. The molecule has 2 aromatic rings. The Morgan fingerprint density at radius 1 is 1.39 bits per heavy atom. The summed E-state index contributed by atoms with van der Waals surface area (Å²) in [5.74, 6) is -0.0877. The average molecular weight is 462 g/mol. The van der Waals surface area contributed by atoms with Crippen molar-refractivity contribution in [3.8, 4) is 0 Å². The van der Waals surface area contributed by atoms with E-state index in [0.29, 0.717) is 15.1 Å². The zero-order valence-corrected chi connectivity index (χ0v) is 18.2. The van der Waals surface area contributed by atoms with Crippen LogP contribution in [0.15, 0.2) is 58.1 Å². The maximum atomic E-state index is 12.6. The van der Waals surface area contributed by atoms with Crippen molar-refractivity contribution in [2.24, 2.45) is 5.10 Å². The van der Waals surface area contributed by atoms with Crippen LogP contribution in [0, 0.1) is 10.1 Å². The minimum Gasteiger partial charge on any atom is -0.401 e. The number of hydrazone groups is 1. The summed E-state index contributed by atoms with van der Waals surface area (Å²) < 4.78 is 4.75. The lowest BCUT2D eigenvalue weighted by Gasteiger charge is -2.34. The second-order valence-electron chi connectivity index (χ2n) is 6.89. The number of benzene rings is 1. The fourth-order valence-electron chi connectivity index (χ4n) is 2.82. The van der Waals surface area contributed by atoms with E-state index in [-0.39, 0.29) is 11.6 Å². The lowest BCUT2D eigenvalue weighted by Crippen LogP contribution is -2.54. The van der Waals surface area contributed by atoms with E-state index in [4.69, 9.17) is 16.6 Å². The smallest absolute Gasteiger partial charge is 0.401 e. The first-order valence-corrected chi connectivity index (χ1v) is 10.2. The number of thioether (sulfide) groups is 1. The number of para-hydroxylation sites is 1. The summed E-state index contributed by atoms with van der Waals surface area (Å²) >= 11 is 6.66. The Kier molecular flexibility index (Phi) is 6.73. The van der Waals surface area contributed by atoms with Gasteiger partial charge < -0.3 is 9.73 Å². The van der Waals surface area contributed by atoms with Crippen molar-refractivity contribution < 1.29 is 19.3 Å². The van der Waals surface area contributed by atoms with E-state index in [1.54, 1.807) is 24.3 Å². The predicted molar refractivity (Wildman–Crippen MR) is 122 cm³/mol. The summed E-state index contributed by atoms with van der Waals surface area (Å²) in [6.07, 6.45) is 3.51. The number of nitrogens with one attached hydrogen (secondary N) is 1. The molecule has 0 bridgehead atoms. The summed E-state index contributed by atoms with van der Waals surface area (Å²) in [6.45, 7) is 3.67. The van der Waals surface area contributed by atoms with Gasteiger partial charge in [0.15, 0.2) is 10.5 Å². The summed E-state index contributed by atoms with van der Waals surface area (Å²) in [6, 6.07) is 10.7. The van der Waals surface area contributed by atoms with Crippen LogP contribution in [0.3, 0.4) is 0 Å². The number of urea groups is 1. The van der Waals surface area contributed by atoms with Gasteiger partial charge in [-0.1, -0.05) is 42.2 Å². The van der Waals surface area contributed by atoms with Gasteiger partial charge in [-0.2, -0.15) is 10.2 Å². The number of thiocarbonyl (C=S) groups is 1. The highest BCUT2D eigenvalue weighted by molar-refractivity contribution is 8.24. The quantitative estimate of drug-likeness (QED) is 0.211. The number of carbonyl (C=O) groups excluding carboxylic acids is 1. The molecule has 0 aliphatic carbocycles. The van der Waals surface area contributed by atoms with Gasteiger partial charge in [-0.05, 0) is 44.2 Å². The number of anilines is 1. The maximum Gasteiger partial charge on any atom is 0.433 e. The topological polar surface area (TPSA) is 124 Å². The molecule has 1 aromatic heterocycles. The second-order valence-corrected chi connectivity index (χ2v) is 9.18. The standard InChI is InChI=1S/C19H19N5O5S2/c1-19(2)16(23(26)17(25)21-13-7-4-3-5-8-13)22(18(30)31-19)20-12-6-9-14-10-11-15(29-14)24(27)28/h3-12,16,26H,1-2H3,(H,21,25)/b9-6+,20-12-/t16-/m0/s1. The van der Waals surface area contributed by atoms with E-state index in [0.717, 1.165) is 0 Å². The monoisotopic (exact) mass is 461 g/mol. The maximum absolute atomic E-state index is 12.6. The molecule has 1 fully saturated rings. The van der Waals surface area contributed by atoms with Crippen molar-refractivity contribution in [3.05, 3.63) is 64.4 Å². The third kappa shape index (κ3) is 5.29. The highest BCUT2D eigenvalue weighted by Gasteiger charge is 2.50. The molecule has 1 atom stereocenters. The minimum atomic E-state index is -0.872. The lowest BCUT2D eigenvalue weighted by atomic mass is 10.1. The molecular formula is C19H19N5O5S2. The summed E-state index contributed by atoms with van der Waals surface area (Å²) in [7, 11) is 0. The van der Waals surface area contributed by atoms with Crippen molar-refractivity contribution in [2.75, 3.05) is 5.32 Å². The second kappa shape index (κ2) is 9.29.